The Morgan fingerprint density at radius 3 is 1.90 bits per heavy atom. The van der Waals surface area contributed by atoms with Crippen molar-refractivity contribution in [2.45, 2.75) is 5.41 Å². The SMILES string of the molecule is O=C1c2ccccc2C2(c3ccccc31)c1cc(-c3ccccc3)ccc1N1c3ccccc3[Se]c3cccc2c31. The molecule has 0 N–H and O–H groups in total. The van der Waals surface area contributed by atoms with E-state index in [1.807, 2.05) is 24.3 Å². The van der Waals surface area contributed by atoms with Crippen LogP contribution in [-0.2, 0) is 5.41 Å². The maximum absolute atomic E-state index is 14.0. The number of para-hydroxylation sites is 2. The molecule has 0 saturated carbocycles. The topological polar surface area (TPSA) is 20.3 Å². The molecule has 0 saturated heterocycles. The zero-order valence-corrected chi connectivity index (χ0v) is 23.8. The summed E-state index contributed by atoms with van der Waals surface area (Å²) in [6.07, 6.45) is 0. The fourth-order valence-electron chi connectivity index (χ4n) is 7.23. The Morgan fingerprint density at radius 2 is 1.12 bits per heavy atom. The number of carbonyl (C=O) groups is 1. The number of rotatable bonds is 1. The van der Waals surface area contributed by atoms with Crippen LogP contribution in [0.4, 0.5) is 17.1 Å². The van der Waals surface area contributed by atoms with Gasteiger partial charge in [-0.2, -0.15) is 0 Å². The zero-order valence-electron chi connectivity index (χ0n) is 22.0. The van der Waals surface area contributed by atoms with Crippen LogP contribution >= 0.6 is 0 Å². The molecular weight excluding hydrogens is 565 g/mol. The first-order valence-corrected chi connectivity index (χ1v) is 15.6. The predicted octanol–water partition coefficient (Wildman–Crippen LogP) is 7.03. The minimum atomic E-state index is -0.634. The molecule has 1 spiro atoms. The van der Waals surface area contributed by atoms with Crippen molar-refractivity contribution >= 4 is 46.7 Å². The first kappa shape index (κ1) is 23.1. The van der Waals surface area contributed by atoms with Gasteiger partial charge >= 0.3 is 246 Å². The van der Waals surface area contributed by atoms with Crippen LogP contribution in [0.15, 0.2) is 140 Å². The van der Waals surface area contributed by atoms with Crippen molar-refractivity contribution in [1.29, 1.82) is 0 Å². The number of hydrogen-bond donors (Lipinski definition) is 0. The van der Waals surface area contributed by atoms with Crippen LogP contribution in [-0.4, -0.2) is 20.7 Å². The molecule has 2 nitrogen and oxygen atoms in total. The van der Waals surface area contributed by atoms with Crippen LogP contribution in [0.5, 0.6) is 0 Å². The summed E-state index contributed by atoms with van der Waals surface area (Å²) in [5, 5.41) is 0. The normalized spacial score (nSPS) is 14.9. The summed E-state index contributed by atoms with van der Waals surface area (Å²) in [7, 11) is 0. The monoisotopic (exact) mass is 589 g/mol. The van der Waals surface area contributed by atoms with Gasteiger partial charge < -0.3 is 0 Å². The van der Waals surface area contributed by atoms with E-state index in [1.165, 1.54) is 48.2 Å². The van der Waals surface area contributed by atoms with E-state index >= 15 is 0 Å². The molecule has 6 aromatic rings. The molecule has 41 heavy (non-hydrogen) atoms. The Morgan fingerprint density at radius 1 is 0.488 bits per heavy atom. The van der Waals surface area contributed by atoms with Crippen molar-refractivity contribution in [1.82, 2.24) is 0 Å². The van der Waals surface area contributed by atoms with Crippen molar-refractivity contribution in [2.75, 3.05) is 4.90 Å². The van der Waals surface area contributed by atoms with Gasteiger partial charge in [-0.15, -0.1) is 0 Å². The van der Waals surface area contributed by atoms with E-state index in [-0.39, 0.29) is 20.7 Å². The molecule has 3 aliphatic rings. The van der Waals surface area contributed by atoms with Gasteiger partial charge in [0.15, 0.2) is 0 Å². The fourth-order valence-corrected chi connectivity index (χ4v) is 9.52. The van der Waals surface area contributed by atoms with Crippen molar-refractivity contribution in [3.8, 4) is 11.1 Å². The minimum absolute atomic E-state index is 0.101. The first-order chi connectivity index (χ1) is 20.3. The van der Waals surface area contributed by atoms with Crippen LogP contribution in [0.25, 0.3) is 11.1 Å². The van der Waals surface area contributed by atoms with Gasteiger partial charge in [0.25, 0.3) is 0 Å². The van der Waals surface area contributed by atoms with E-state index < -0.39 is 5.41 Å². The Bertz CT molecular complexity index is 2010. The third kappa shape index (κ3) is 2.95. The second-order valence-corrected chi connectivity index (χ2v) is 13.1. The summed E-state index contributed by atoms with van der Waals surface area (Å²) >= 11 is 0.171. The molecule has 0 atom stereocenters. The van der Waals surface area contributed by atoms with Crippen molar-refractivity contribution in [3.63, 3.8) is 0 Å². The fraction of sp³-hybridized carbons (Fsp3) is 0.0263. The number of hydrogen-bond acceptors (Lipinski definition) is 2. The Balaban J connectivity index is 1.49. The summed E-state index contributed by atoms with van der Waals surface area (Å²) in [4.78, 5) is 16.5. The van der Waals surface area contributed by atoms with Crippen LogP contribution in [0.3, 0.4) is 0 Å². The van der Waals surface area contributed by atoms with Gasteiger partial charge in [0.2, 0.25) is 0 Å². The van der Waals surface area contributed by atoms with E-state index in [2.05, 4.69) is 120 Å². The molecule has 0 bridgehead atoms. The van der Waals surface area contributed by atoms with Gasteiger partial charge in [0.1, 0.15) is 0 Å². The molecule has 0 aromatic heterocycles. The molecule has 6 aromatic carbocycles. The van der Waals surface area contributed by atoms with Crippen LogP contribution in [0, 0.1) is 0 Å². The van der Waals surface area contributed by atoms with Gasteiger partial charge in [0, 0.05) is 0 Å². The molecule has 3 heteroatoms. The maximum atomic E-state index is 14.0. The van der Waals surface area contributed by atoms with Crippen LogP contribution < -0.4 is 13.8 Å². The Kier molecular flexibility index (Phi) is 4.73. The molecule has 0 amide bonds. The zero-order chi connectivity index (χ0) is 27.1. The van der Waals surface area contributed by atoms with E-state index in [0.29, 0.717) is 0 Å². The standard InChI is InChI=1S/C38H23NOSe/c40-37-26-13-4-6-15-28(26)38(29-16-7-5-14-27(29)37)30-17-10-20-35-36(30)39(33-18-8-9-19-34(33)41-35)32-22-21-25(23-31(32)38)24-11-2-1-3-12-24/h1-23H. The van der Waals surface area contributed by atoms with Crippen LogP contribution in [0.2, 0.25) is 0 Å². The number of ketones is 1. The van der Waals surface area contributed by atoms with Gasteiger partial charge in [-0.1, -0.05) is 0 Å². The summed E-state index contributed by atoms with van der Waals surface area (Å²) in [6.45, 7) is 0. The second kappa shape index (κ2) is 8.41. The Hall–Kier alpha value is -4.69. The molecule has 9 rings (SSSR count). The predicted molar refractivity (Wildman–Crippen MR) is 167 cm³/mol. The molecule has 2 heterocycles. The summed E-state index contributed by atoms with van der Waals surface area (Å²) in [5.74, 6) is 0.101. The number of carbonyl (C=O) groups excluding carboxylic acids is 1. The average molecular weight is 589 g/mol. The summed E-state index contributed by atoms with van der Waals surface area (Å²) < 4.78 is 2.76. The van der Waals surface area contributed by atoms with Gasteiger partial charge in [-0.3, -0.25) is 0 Å². The van der Waals surface area contributed by atoms with E-state index in [4.69, 9.17) is 0 Å². The molecule has 2 aliphatic heterocycles. The summed E-state index contributed by atoms with van der Waals surface area (Å²) in [6, 6.07) is 49.7. The number of nitrogens with zero attached hydrogens (tertiary/aromatic N) is 1. The van der Waals surface area contributed by atoms with E-state index in [1.54, 1.807) is 0 Å². The third-order valence-corrected chi connectivity index (χ3v) is 11.2. The molecule has 1 aliphatic carbocycles. The van der Waals surface area contributed by atoms with E-state index in [0.717, 1.165) is 22.3 Å². The number of benzene rings is 6. The average Bonchev–Trinajstić information content (AvgIpc) is 3.04. The van der Waals surface area contributed by atoms with Crippen molar-refractivity contribution in [2.24, 2.45) is 0 Å². The van der Waals surface area contributed by atoms with Crippen molar-refractivity contribution < 1.29 is 4.79 Å². The molecule has 0 fully saturated rings. The molecule has 0 radical (unpaired) electrons. The van der Waals surface area contributed by atoms with E-state index in [9.17, 15) is 4.79 Å². The molecule has 0 unspecified atom stereocenters. The second-order valence-electron chi connectivity index (χ2n) is 10.8. The molecular formula is C38H23NOSe. The van der Waals surface area contributed by atoms with Gasteiger partial charge in [-0.25, -0.2) is 0 Å². The van der Waals surface area contributed by atoms with Crippen molar-refractivity contribution in [3.05, 3.63) is 173 Å². The van der Waals surface area contributed by atoms with Gasteiger partial charge in [-0.05, 0) is 0 Å². The first-order valence-electron chi connectivity index (χ1n) is 13.9. The number of fused-ring (bicyclic) bond motifs is 10. The third-order valence-electron chi connectivity index (χ3n) is 8.85. The quantitative estimate of drug-likeness (QED) is 0.192. The van der Waals surface area contributed by atoms with Gasteiger partial charge in [0.05, 0.1) is 0 Å². The number of anilines is 3. The summed E-state index contributed by atoms with van der Waals surface area (Å²) in [5.41, 5.74) is 11.6. The Labute approximate surface area is 245 Å². The van der Waals surface area contributed by atoms with Crippen LogP contribution in [0.1, 0.15) is 38.2 Å². The molecule has 192 valence electrons.